The lowest BCUT2D eigenvalue weighted by Gasteiger charge is -2.06. The summed E-state index contributed by atoms with van der Waals surface area (Å²) >= 11 is 0. The predicted molar refractivity (Wildman–Crippen MR) is 104 cm³/mol. The number of hydrogen-bond donors (Lipinski definition) is 2. The Morgan fingerprint density at radius 3 is 2.41 bits per heavy atom. The third kappa shape index (κ3) is 19.9. The number of hydrogen-bond acceptors (Lipinski definition) is 4. The van der Waals surface area contributed by atoms with E-state index in [2.05, 4.69) is 17.2 Å². The molecule has 0 unspecified atom stereocenters. The Morgan fingerprint density at radius 1 is 1.14 bits per heavy atom. The molecule has 0 aromatic rings. The van der Waals surface area contributed by atoms with Crippen LogP contribution in [0.1, 0.15) is 45.4 Å². The molecule has 0 bridgehead atoms. The van der Waals surface area contributed by atoms with E-state index in [1.807, 2.05) is 0 Å². The van der Waals surface area contributed by atoms with E-state index in [9.17, 15) is 8.42 Å². The van der Waals surface area contributed by atoms with Gasteiger partial charge in [0.2, 0.25) is 0 Å². The van der Waals surface area contributed by atoms with Crippen molar-refractivity contribution in [3.8, 4) is 0 Å². The van der Waals surface area contributed by atoms with Gasteiger partial charge in [-0.3, -0.25) is 4.99 Å². The van der Waals surface area contributed by atoms with Crippen LogP contribution in [-0.4, -0.2) is 52.7 Å². The molecule has 0 radical (unpaired) electrons. The number of nitrogens with two attached hydrogens (primary N) is 1. The molecular weight excluding hydrogens is 417 g/mol. The highest BCUT2D eigenvalue weighted by atomic mass is 127. The number of nitrogens with one attached hydrogen (secondary N) is 1. The van der Waals surface area contributed by atoms with Gasteiger partial charge in [-0.2, -0.15) is 0 Å². The highest BCUT2D eigenvalue weighted by Gasteiger charge is 2.00. The van der Waals surface area contributed by atoms with Gasteiger partial charge in [0.1, 0.15) is 9.84 Å². The van der Waals surface area contributed by atoms with E-state index in [1.165, 1.54) is 38.4 Å². The summed E-state index contributed by atoms with van der Waals surface area (Å²) in [5, 5.41) is 2.94. The first-order chi connectivity index (χ1) is 9.95. The van der Waals surface area contributed by atoms with Crippen LogP contribution in [-0.2, 0) is 14.6 Å². The monoisotopic (exact) mass is 449 g/mol. The lowest BCUT2D eigenvalue weighted by molar-refractivity contribution is 0.154. The fraction of sp³-hybridized carbons (Fsp3) is 0.929. The zero-order chi connectivity index (χ0) is 16.0. The molecule has 0 atom stereocenters. The molecule has 0 saturated carbocycles. The van der Waals surface area contributed by atoms with E-state index in [0.29, 0.717) is 19.1 Å². The van der Waals surface area contributed by atoms with Crippen LogP contribution in [0.4, 0.5) is 0 Å². The first-order valence-corrected chi connectivity index (χ1v) is 9.81. The van der Waals surface area contributed by atoms with E-state index < -0.39 is 9.84 Å². The number of ether oxygens (including phenoxy) is 1. The Hall–Kier alpha value is -0.0900. The van der Waals surface area contributed by atoms with Crippen molar-refractivity contribution < 1.29 is 13.2 Å². The second kappa shape index (κ2) is 15.8. The first kappa shape index (κ1) is 24.2. The third-order valence-corrected chi connectivity index (χ3v) is 3.85. The lowest BCUT2D eigenvalue weighted by atomic mass is 10.1. The number of aliphatic imine (C=N–C) groups is 1. The summed E-state index contributed by atoms with van der Waals surface area (Å²) in [5.74, 6) is 0.476. The maximum atomic E-state index is 10.9. The molecule has 0 saturated heterocycles. The largest absolute Gasteiger partial charge is 0.379 e. The number of rotatable bonds is 13. The summed E-state index contributed by atoms with van der Waals surface area (Å²) in [6.45, 7) is 4.13. The maximum Gasteiger partial charge on any atom is 0.188 e. The number of nitrogens with zero attached hydrogens (tertiary/aromatic N) is 1. The van der Waals surface area contributed by atoms with Crippen LogP contribution in [0.3, 0.4) is 0 Å². The standard InChI is InChI=1S/C14H31N3O3S.HI/c1-3-4-5-6-7-8-9-16-14(15)17-10-11-20-12-13-21(2,18)19;/h3-13H2,1-2H3,(H3,15,16,17);1H. The zero-order valence-electron chi connectivity index (χ0n) is 13.8. The van der Waals surface area contributed by atoms with Gasteiger partial charge in [-0.25, -0.2) is 8.42 Å². The molecule has 0 fully saturated rings. The van der Waals surface area contributed by atoms with E-state index in [-0.39, 0.29) is 36.3 Å². The molecule has 0 spiro atoms. The van der Waals surface area contributed by atoms with Crippen molar-refractivity contribution in [3.63, 3.8) is 0 Å². The summed E-state index contributed by atoms with van der Waals surface area (Å²) in [6.07, 6.45) is 8.61. The van der Waals surface area contributed by atoms with Crippen LogP contribution in [0.15, 0.2) is 4.99 Å². The molecule has 0 aliphatic carbocycles. The minimum Gasteiger partial charge on any atom is -0.379 e. The van der Waals surface area contributed by atoms with Gasteiger partial charge in [-0.05, 0) is 6.42 Å². The molecule has 134 valence electrons. The van der Waals surface area contributed by atoms with Crippen LogP contribution < -0.4 is 11.1 Å². The van der Waals surface area contributed by atoms with Crippen molar-refractivity contribution >= 4 is 39.8 Å². The summed E-state index contributed by atoms with van der Waals surface area (Å²) in [5.41, 5.74) is 5.71. The Labute approximate surface area is 152 Å². The second-order valence-electron chi connectivity index (χ2n) is 5.20. The average molecular weight is 449 g/mol. The Kier molecular flexibility index (Phi) is 17.3. The summed E-state index contributed by atoms with van der Waals surface area (Å²) in [6, 6.07) is 0. The molecule has 0 aromatic heterocycles. The van der Waals surface area contributed by atoms with Gasteiger partial charge in [0.05, 0.1) is 19.0 Å². The molecule has 8 heteroatoms. The van der Waals surface area contributed by atoms with Crippen LogP contribution >= 0.6 is 24.0 Å². The van der Waals surface area contributed by atoms with Crippen molar-refractivity contribution in [2.75, 3.05) is 38.3 Å². The van der Waals surface area contributed by atoms with Crippen LogP contribution in [0.5, 0.6) is 0 Å². The molecule has 0 rings (SSSR count). The van der Waals surface area contributed by atoms with Gasteiger partial charge in [0.15, 0.2) is 5.96 Å². The minimum absolute atomic E-state index is 0. The first-order valence-electron chi connectivity index (χ1n) is 7.75. The Balaban J connectivity index is 0. The Bertz CT molecular complexity index is 376. The third-order valence-electron chi connectivity index (χ3n) is 2.94. The number of unbranched alkanes of at least 4 members (excludes halogenated alkanes) is 5. The van der Waals surface area contributed by atoms with Gasteiger partial charge >= 0.3 is 0 Å². The molecule has 0 aliphatic rings. The normalized spacial score (nSPS) is 12.0. The maximum absolute atomic E-state index is 10.9. The molecule has 22 heavy (non-hydrogen) atoms. The van der Waals surface area contributed by atoms with Crippen LogP contribution in [0.25, 0.3) is 0 Å². The molecule has 0 aliphatic heterocycles. The van der Waals surface area contributed by atoms with Gasteiger partial charge in [0.25, 0.3) is 0 Å². The topological polar surface area (TPSA) is 93.8 Å². The number of halogens is 1. The molecule has 0 aromatic carbocycles. The van der Waals surface area contributed by atoms with Gasteiger partial charge < -0.3 is 15.8 Å². The number of sulfone groups is 1. The Morgan fingerprint density at radius 2 is 1.77 bits per heavy atom. The van der Waals surface area contributed by atoms with E-state index in [1.54, 1.807) is 0 Å². The van der Waals surface area contributed by atoms with Crippen molar-refractivity contribution in [1.29, 1.82) is 0 Å². The van der Waals surface area contributed by atoms with Crippen molar-refractivity contribution in [2.24, 2.45) is 10.7 Å². The van der Waals surface area contributed by atoms with Gasteiger partial charge in [-0.1, -0.05) is 39.0 Å². The minimum atomic E-state index is -2.95. The lowest BCUT2D eigenvalue weighted by Crippen LogP contribution is -2.34. The van der Waals surface area contributed by atoms with Crippen molar-refractivity contribution in [2.45, 2.75) is 45.4 Å². The summed E-state index contributed by atoms with van der Waals surface area (Å²) in [4.78, 5) is 4.23. The van der Waals surface area contributed by atoms with Gasteiger partial charge in [-0.15, -0.1) is 24.0 Å². The summed E-state index contributed by atoms with van der Waals surface area (Å²) < 4.78 is 26.9. The fourth-order valence-electron chi connectivity index (χ4n) is 1.71. The fourth-order valence-corrected chi connectivity index (χ4v) is 2.13. The predicted octanol–water partition coefficient (Wildman–Crippen LogP) is 1.93. The van der Waals surface area contributed by atoms with Crippen LogP contribution in [0.2, 0.25) is 0 Å². The summed E-state index contributed by atoms with van der Waals surface area (Å²) in [7, 11) is -2.95. The quantitative estimate of drug-likeness (QED) is 0.194. The average Bonchev–Trinajstić information content (AvgIpc) is 2.40. The highest BCUT2D eigenvalue weighted by molar-refractivity contribution is 14.0. The SMILES string of the molecule is CCCCCCCCN=C(N)NCCOCCS(C)(=O)=O.I. The molecule has 0 heterocycles. The van der Waals surface area contributed by atoms with E-state index >= 15 is 0 Å². The zero-order valence-corrected chi connectivity index (χ0v) is 17.0. The molecule has 6 nitrogen and oxygen atoms in total. The van der Waals surface area contributed by atoms with Crippen molar-refractivity contribution in [3.05, 3.63) is 0 Å². The van der Waals surface area contributed by atoms with Crippen LogP contribution in [0, 0.1) is 0 Å². The smallest absolute Gasteiger partial charge is 0.188 e. The van der Waals surface area contributed by atoms with E-state index in [4.69, 9.17) is 10.5 Å². The number of guanidine groups is 1. The highest BCUT2D eigenvalue weighted by Crippen LogP contribution is 2.04. The molecular formula is C14H32IN3O3S. The van der Waals surface area contributed by atoms with E-state index in [0.717, 1.165) is 13.0 Å². The van der Waals surface area contributed by atoms with Crippen molar-refractivity contribution in [1.82, 2.24) is 5.32 Å². The molecule has 0 amide bonds. The second-order valence-corrected chi connectivity index (χ2v) is 7.46. The van der Waals surface area contributed by atoms with Gasteiger partial charge in [0, 0.05) is 19.3 Å². The molecule has 3 N–H and O–H groups in total.